The van der Waals surface area contributed by atoms with Crippen LogP contribution in [-0.4, -0.2) is 6.61 Å². The first kappa shape index (κ1) is 20.4. The third kappa shape index (κ3) is 6.07. The van der Waals surface area contributed by atoms with E-state index in [4.69, 9.17) is 4.74 Å². The van der Waals surface area contributed by atoms with Gasteiger partial charge in [0.2, 0.25) is 0 Å². The van der Waals surface area contributed by atoms with Gasteiger partial charge in [-0.3, -0.25) is 0 Å². The van der Waals surface area contributed by atoms with Crippen molar-refractivity contribution in [2.45, 2.75) is 77.2 Å². The van der Waals surface area contributed by atoms with Gasteiger partial charge in [0.1, 0.15) is 0 Å². The molecule has 0 N–H and O–H groups in total. The van der Waals surface area contributed by atoms with E-state index in [0.717, 1.165) is 23.7 Å². The summed E-state index contributed by atoms with van der Waals surface area (Å²) in [5.41, 5.74) is 2.83. The van der Waals surface area contributed by atoms with Gasteiger partial charge in [0.05, 0.1) is 13.2 Å². The molecule has 27 heavy (non-hydrogen) atoms. The molecule has 0 aromatic heterocycles. The lowest BCUT2D eigenvalue weighted by Gasteiger charge is -2.38. The molecule has 0 aliphatic heterocycles. The van der Waals surface area contributed by atoms with Crippen molar-refractivity contribution in [3.63, 3.8) is 0 Å². The molecule has 0 spiro atoms. The van der Waals surface area contributed by atoms with Gasteiger partial charge in [0.15, 0.2) is 0 Å². The van der Waals surface area contributed by atoms with Crippen LogP contribution in [0, 0.1) is 17.8 Å². The molecule has 0 amide bonds. The Balaban J connectivity index is 1.42. The third-order valence-corrected chi connectivity index (χ3v) is 7.00. The Labute approximate surface area is 166 Å². The first-order valence-corrected chi connectivity index (χ1v) is 11.2. The summed E-state index contributed by atoms with van der Waals surface area (Å²) in [5, 5.41) is 0. The van der Waals surface area contributed by atoms with E-state index in [-0.39, 0.29) is 0 Å². The lowest BCUT2D eigenvalue weighted by atomic mass is 9.68. The van der Waals surface area contributed by atoms with Crippen molar-refractivity contribution >= 4 is 0 Å². The number of hydrogen-bond acceptors (Lipinski definition) is 1. The highest BCUT2D eigenvalue weighted by molar-refractivity contribution is 5.25. The molecule has 2 saturated carbocycles. The highest BCUT2D eigenvalue weighted by Crippen LogP contribution is 2.44. The molecule has 2 fully saturated rings. The summed E-state index contributed by atoms with van der Waals surface area (Å²) in [6.07, 6.45) is 18.9. The summed E-state index contributed by atoms with van der Waals surface area (Å²) in [4.78, 5) is 0. The van der Waals surface area contributed by atoms with Crippen LogP contribution in [0.3, 0.4) is 0 Å². The molecule has 0 saturated heterocycles. The van der Waals surface area contributed by atoms with E-state index in [1.54, 1.807) is 5.56 Å². The number of rotatable bonds is 8. The monoisotopic (exact) mass is 366 g/mol. The maximum absolute atomic E-state index is 5.66. The van der Waals surface area contributed by atoms with Gasteiger partial charge in [-0.05, 0) is 99.5 Å². The summed E-state index contributed by atoms with van der Waals surface area (Å²) in [7, 11) is 0. The van der Waals surface area contributed by atoms with Gasteiger partial charge in [-0.1, -0.05) is 42.5 Å². The smallest absolute Gasteiger partial charge is 0.0721 e. The highest BCUT2D eigenvalue weighted by atomic mass is 16.5. The second-order valence-electron chi connectivity index (χ2n) is 8.74. The van der Waals surface area contributed by atoms with E-state index in [9.17, 15) is 0 Å². The van der Waals surface area contributed by atoms with Crippen LogP contribution in [-0.2, 0) is 11.3 Å². The zero-order chi connectivity index (χ0) is 18.9. The van der Waals surface area contributed by atoms with Gasteiger partial charge in [-0.15, -0.1) is 6.58 Å². The molecule has 1 aromatic rings. The van der Waals surface area contributed by atoms with Crippen molar-refractivity contribution in [2.75, 3.05) is 6.61 Å². The fourth-order valence-corrected chi connectivity index (χ4v) is 5.28. The van der Waals surface area contributed by atoms with Crippen molar-refractivity contribution in [3.8, 4) is 0 Å². The molecule has 0 radical (unpaired) electrons. The molecule has 1 aromatic carbocycles. The molecule has 2 aliphatic rings. The average Bonchev–Trinajstić information content (AvgIpc) is 2.73. The molecular formula is C26H38O. The zero-order valence-electron chi connectivity index (χ0n) is 17.2. The van der Waals surface area contributed by atoms with E-state index in [0.29, 0.717) is 13.2 Å². The summed E-state index contributed by atoms with van der Waals surface area (Å²) >= 11 is 0. The van der Waals surface area contributed by atoms with Crippen LogP contribution in [0.2, 0.25) is 0 Å². The largest absolute Gasteiger partial charge is 0.373 e. The Hall–Kier alpha value is -1.34. The maximum atomic E-state index is 5.66. The summed E-state index contributed by atoms with van der Waals surface area (Å²) in [6, 6.07) is 9.22. The summed E-state index contributed by atoms with van der Waals surface area (Å²) in [5.74, 6) is 3.70. The summed E-state index contributed by atoms with van der Waals surface area (Å²) in [6.45, 7) is 7.37. The minimum absolute atomic E-state index is 0.706. The van der Waals surface area contributed by atoms with Crippen LogP contribution in [0.1, 0.15) is 81.8 Å². The predicted molar refractivity (Wildman–Crippen MR) is 116 cm³/mol. The standard InChI is InChI=1S/C26H38O/c1-3-5-19-27-20-22-9-13-24(14-10-22)26-17-15-25(16-18-26)23-11-7-21(6-4-2)8-12-23/h3-5,9-10,13-14,21,23,25-26H,2,6-8,11-12,15-20H2,1H3/t21-,23-,25-,26-. The molecule has 0 heterocycles. The van der Waals surface area contributed by atoms with Crippen molar-refractivity contribution < 1.29 is 4.74 Å². The van der Waals surface area contributed by atoms with Crippen LogP contribution in [0.15, 0.2) is 49.1 Å². The molecule has 1 heteroatoms. The number of benzene rings is 1. The van der Waals surface area contributed by atoms with Gasteiger partial charge < -0.3 is 4.74 Å². The second kappa shape index (κ2) is 10.9. The molecule has 0 atom stereocenters. The van der Waals surface area contributed by atoms with Crippen molar-refractivity contribution in [2.24, 2.45) is 17.8 Å². The van der Waals surface area contributed by atoms with Gasteiger partial charge in [0.25, 0.3) is 0 Å². The number of ether oxygens (including phenoxy) is 1. The van der Waals surface area contributed by atoms with Crippen LogP contribution in [0.5, 0.6) is 0 Å². The Morgan fingerprint density at radius 2 is 1.56 bits per heavy atom. The topological polar surface area (TPSA) is 9.23 Å². The van der Waals surface area contributed by atoms with Gasteiger partial charge in [-0.2, -0.15) is 0 Å². The van der Waals surface area contributed by atoms with Gasteiger partial charge in [-0.25, -0.2) is 0 Å². The Morgan fingerprint density at radius 1 is 0.926 bits per heavy atom. The molecule has 2 aliphatic carbocycles. The van der Waals surface area contributed by atoms with Gasteiger partial charge in [0, 0.05) is 0 Å². The average molecular weight is 367 g/mol. The fraction of sp³-hybridized carbons (Fsp3) is 0.615. The highest BCUT2D eigenvalue weighted by Gasteiger charge is 2.30. The first-order chi connectivity index (χ1) is 13.3. The van der Waals surface area contributed by atoms with Gasteiger partial charge >= 0.3 is 0 Å². The molecule has 148 valence electrons. The number of hydrogen-bond donors (Lipinski definition) is 0. The van der Waals surface area contributed by atoms with Crippen LogP contribution >= 0.6 is 0 Å². The second-order valence-corrected chi connectivity index (χ2v) is 8.74. The van der Waals surface area contributed by atoms with E-state index < -0.39 is 0 Å². The van der Waals surface area contributed by atoms with E-state index in [1.165, 1.54) is 63.4 Å². The Morgan fingerprint density at radius 3 is 2.15 bits per heavy atom. The number of allylic oxidation sites excluding steroid dienone is 2. The molecular weight excluding hydrogens is 328 g/mol. The van der Waals surface area contributed by atoms with Crippen molar-refractivity contribution in [1.29, 1.82) is 0 Å². The minimum Gasteiger partial charge on any atom is -0.373 e. The van der Waals surface area contributed by atoms with E-state index >= 15 is 0 Å². The zero-order valence-corrected chi connectivity index (χ0v) is 17.2. The molecule has 0 unspecified atom stereocenters. The predicted octanol–water partition coefficient (Wildman–Crippen LogP) is 7.44. The van der Waals surface area contributed by atoms with Crippen LogP contribution in [0.25, 0.3) is 0 Å². The molecule has 0 bridgehead atoms. The lowest BCUT2D eigenvalue weighted by molar-refractivity contribution is 0.148. The lowest BCUT2D eigenvalue weighted by Crippen LogP contribution is -2.25. The quantitative estimate of drug-likeness (QED) is 0.343. The normalized spacial score (nSPS) is 29.1. The SMILES string of the molecule is C=CC[C@H]1CC[C@H]([C@H]2CC[C@H](c3ccc(COCC=CC)cc3)CC2)CC1. The van der Waals surface area contributed by atoms with E-state index in [1.807, 2.05) is 13.0 Å². The fourth-order valence-electron chi connectivity index (χ4n) is 5.28. The molecule has 3 rings (SSSR count). The first-order valence-electron chi connectivity index (χ1n) is 11.2. The summed E-state index contributed by atoms with van der Waals surface area (Å²) < 4.78 is 5.66. The maximum Gasteiger partial charge on any atom is 0.0721 e. The Bertz CT molecular complexity index is 569. The Kier molecular flexibility index (Phi) is 8.20. The van der Waals surface area contributed by atoms with Crippen LogP contribution < -0.4 is 0 Å². The van der Waals surface area contributed by atoms with Crippen LogP contribution in [0.4, 0.5) is 0 Å². The third-order valence-electron chi connectivity index (χ3n) is 7.00. The van der Waals surface area contributed by atoms with E-state index in [2.05, 4.69) is 43.0 Å². The molecule has 1 nitrogen and oxygen atoms in total. The van der Waals surface area contributed by atoms with Crippen molar-refractivity contribution in [1.82, 2.24) is 0 Å². The minimum atomic E-state index is 0.706. The van der Waals surface area contributed by atoms with Crippen molar-refractivity contribution in [3.05, 3.63) is 60.2 Å².